The lowest BCUT2D eigenvalue weighted by atomic mass is 9.85. The number of anilines is 1. The third-order valence-corrected chi connectivity index (χ3v) is 4.75. The highest BCUT2D eigenvalue weighted by Gasteiger charge is 2.27. The second kappa shape index (κ2) is 10.2. The minimum absolute atomic E-state index is 0.205. The highest BCUT2D eigenvalue weighted by molar-refractivity contribution is 6.17. The van der Waals surface area contributed by atoms with E-state index >= 15 is 0 Å². The van der Waals surface area contributed by atoms with Crippen molar-refractivity contribution in [2.45, 2.75) is 19.4 Å². The number of allylic oxidation sites excluding steroid dienone is 1. The average molecular weight is 405 g/mol. The largest absolute Gasteiger partial charge is 0.497 e. The molecule has 0 saturated carbocycles. The predicted octanol–water partition coefficient (Wildman–Crippen LogP) is 4.73. The summed E-state index contributed by atoms with van der Waals surface area (Å²) in [7, 11) is 3.13. The van der Waals surface area contributed by atoms with Gasteiger partial charge < -0.3 is 14.8 Å². The molecule has 6 heteroatoms. The number of nitrogens with zero attached hydrogens (tertiary/aromatic N) is 2. The lowest BCUT2D eigenvalue weighted by molar-refractivity contribution is -0.112. The zero-order valence-corrected chi connectivity index (χ0v) is 17.8. The number of hydrogen-bond acceptors (Lipinski definition) is 5. The minimum atomic E-state index is -0.690. The number of nitrogens with one attached hydrogen (secondary N) is 1. The van der Waals surface area contributed by atoms with Gasteiger partial charge in [-0.3, -0.25) is 9.79 Å². The smallest absolute Gasteiger partial charge is 0.256 e. The van der Waals surface area contributed by atoms with Crippen LogP contribution < -0.4 is 10.1 Å². The first kappa shape index (κ1) is 22.6. The Balaban J connectivity index is 2.24. The van der Waals surface area contributed by atoms with Gasteiger partial charge in [0.05, 0.1) is 19.8 Å². The molecule has 1 amide bonds. The summed E-state index contributed by atoms with van der Waals surface area (Å²) in [6, 6.07) is 15.1. The number of carbonyl (C=O) groups excluding carboxylic acids is 1. The molecule has 1 unspecified atom stereocenters. The van der Waals surface area contributed by atoms with Crippen molar-refractivity contribution in [1.82, 2.24) is 0 Å². The molecule has 0 aromatic heterocycles. The normalized spacial score (nSPS) is 13.4. The van der Waals surface area contributed by atoms with Gasteiger partial charge in [0, 0.05) is 11.9 Å². The highest BCUT2D eigenvalue weighted by Crippen LogP contribution is 2.35. The van der Waals surface area contributed by atoms with Gasteiger partial charge in [-0.2, -0.15) is 0 Å². The van der Waals surface area contributed by atoms with Crippen LogP contribution in [0.2, 0.25) is 0 Å². The van der Waals surface area contributed by atoms with Gasteiger partial charge in [-0.05, 0) is 62.0 Å². The molecule has 0 bridgehead atoms. The van der Waals surface area contributed by atoms with Gasteiger partial charge in [-0.25, -0.2) is 4.99 Å². The maximum atomic E-state index is 12.5. The van der Waals surface area contributed by atoms with E-state index in [-0.39, 0.29) is 11.5 Å². The predicted molar refractivity (Wildman–Crippen MR) is 122 cm³/mol. The molecule has 0 aliphatic rings. The molecule has 0 aliphatic carbocycles. The summed E-state index contributed by atoms with van der Waals surface area (Å²) in [5.41, 5.74) is 1.97. The van der Waals surface area contributed by atoms with Crippen LogP contribution in [-0.2, 0) is 15.1 Å². The van der Waals surface area contributed by atoms with Crippen LogP contribution in [-0.4, -0.2) is 33.1 Å². The molecular weight excluding hydrogens is 378 g/mol. The SMILES string of the molecule is C=NC(C)(c1ccc(OC)cc1)c1cccc(NC(=O)C(=C)/C=N\C(=C/C)OC)c1. The molecule has 0 fully saturated rings. The van der Waals surface area contributed by atoms with Crippen molar-refractivity contribution in [3.63, 3.8) is 0 Å². The van der Waals surface area contributed by atoms with Crippen molar-refractivity contribution in [2.24, 2.45) is 9.98 Å². The van der Waals surface area contributed by atoms with E-state index in [1.807, 2.05) is 49.4 Å². The van der Waals surface area contributed by atoms with Gasteiger partial charge >= 0.3 is 0 Å². The van der Waals surface area contributed by atoms with Crippen LogP contribution in [0.1, 0.15) is 25.0 Å². The summed E-state index contributed by atoms with van der Waals surface area (Å²) in [4.78, 5) is 20.9. The van der Waals surface area contributed by atoms with Gasteiger partial charge in [0.1, 0.15) is 11.3 Å². The van der Waals surface area contributed by atoms with Crippen LogP contribution >= 0.6 is 0 Å². The van der Waals surface area contributed by atoms with Crippen LogP contribution in [0.3, 0.4) is 0 Å². The molecular formula is C24H27N3O3. The summed E-state index contributed by atoms with van der Waals surface area (Å²) >= 11 is 0. The number of methoxy groups -OCH3 is 2. The van der Waals surface area contributed by atoms with E-state index in [1.54, 1.807) is 26.2 Å². The van der Waals surface area contributed by atoms with Gasteiger partial charge in [0.25, 0.3) is 5.91 Å². The van der Waals surface area contributed by atoms with E-state index in [4.69, 9.17) is 9.47 Å². The number of amides is 1. The monoisotopic (exact) mass is 405 g/mol. The second-order valence-electron chi connectivity index (χ2n) is 6.61. The summed E-state index contributed by atoms with van der Waals surface area (Å²) in [5.74, 6) is 0.805. The number of ether oxygens (including phenoxy) is 2. The molecule has 0 heterocycles. The first-order valence-electron chi connectivity index (χ1n) is 9.35. The van der Waals surface area contributed by atoms with E-state index in [1.165, 1.54) is 13.3 Å². The number of rotatable bonds is 9. The van der Waals surface area contributed by atoms with Crippen molar-refractivity contribution >= 4 is 24.5 Å². The van der Waals surface area contributed by atoms with E-state index in [9.17, 15) is 4.79 Å². The van der Waals surface area contributed by atoms with Crippen LogP contribution in [0.4, 0.5) is 5.69 Å². The lowest BCUT2D eigenvalue weighted by Crippen LogP contribution is -2.21. The van der Waals surface area contributed by atoms with E-state index < -0.39 is 5.54 Å². The van der Waals surface area contributed by atoms with Crippen molar-refractivity contribution in [3.8, 4) is 5.75 Å². The summed E-state index contributed by atoms with van der Waals surface area (Å²) in [5, 5.41) is 2.84. The molecule has 156 valence electrons. The maximum absolute atomic E-state index is 12.5. The van der Waals surface area contributed by atoms with Gasteiger partial charge in [0.2, 0.25) is 5.88 Å². The van der Waals surface area contributed by atoms with E-state index in [0.717, 1.165) is 16.9 Å². The van der Waals surface area contributed by atoms with Gasteiger partial charge in [0.15, 0.2) is 0 Å². The van der Waals surface area contributed by atoms with Crippen molar-refractivity contribution in [2.75, 3.05) is 19.5 Å². The fourth-order valence-corrected chi connectivity index (χ4v) is 2.82. The van der Waals surface area contributed by atoms with E-state index in [0.29, 0.717) is 11.6 Å². The Hall–Kier alpha value is -3.67. The Labute approximate surface area is 177 Å². The Morgan fingerprint density at radius 1 is 1.13 bits per heavy atom. The van der Waals surface area contributed by atoms with Gasteiger partial charge in [-0.1, -0.05) is 30.8 Å². The summed E-state index contributed by atoms with van der Waals surface area (Å²) in [6.07, 6.45) is 3.05. The lowest BCUT2D eigenvalue weighted by Gasteiger charge is -2.27. The fraction of sp³-hybridized carbons (Fsp3) is 0.208. The fourth-order valence-electron chi connectivity index (χ4n) is 2.82. The Morgan fingerprint density at radius 3 is 2.40 bits per heavy atom. The topological polar surface area (TPSA) is 72.3 Å². The molecule has 0 aliphatic heterocycles. The molecule has 2 rings (SSSR count). The highest BCUT2D eigenvalue weighted by atomic mass is 16.5. The third-order valence-electron chi connectivity index (χ3n) is 4.75. The summed E-state index contributed by atoms with van der Waals surface area (Å²) < 4.78 is 10.3. The van der Waals surface area contributed by atoms with Crippen LogP contribution in [0.5, 0.6) is 5.75 Å². The van der Waals surface area contributed by atoms with Crippen LogP contribution in [0.15, 0.2) is 82.6 Å². The Bertz CT molecular complexity index is 977. The molecule has 2 aromatic rings. The van der Waals surface area contributed by atoms with Crippen molar-refractivity contribution in [1.29, 1.82) is 0 Å². The number of aliphatic imine (C=N–C) groups is 2. The standard InChI is InChI=1S/C24H27N3O3/c1-7-22(30-6)26-16-17(2)23(28)27-20-10-8-9-19(15-20)24(3,25-4)18-11-13-21(29-5)14-12-18/h7-16H,2,4H2,1,3,5-6H3,(H,27,28)/b22-7+,26-16-. The number of carbonyl (C=O) groups is 1. The summed E-state index contributed by atoms with van der Waals surface area (Å²) in [6.45, 7) is 11.3. The molecule has 0 saturated heterocycles. The molecule has 1 N–H and O–H groups in total. The van der Waals surface area contributed by atoms with E-state index in [2.05, 4.69) is 28.6 Å². The second-order valence-corrected chi connectivity index (χ2v) is 6.61. The zero-order valence-electron chi connectivity index (χ0n) is 17.8. The third kappa shape index (κ3) is 5.23. The average Bonchev–Trinajstić information content (AvgIpc) is 2.79. The zero-order chi connectivity index (χ0) is 22.1. The van der Waals surface area contributed by atoms with Crippen LogP contribution in [0.25, 0.3) is 0 Å². The number of benzene rings is 2. The number of hydrogen-bond donors (Lipinski definition) is 1. The first-order valence-corrected chi connectivity index (χ1v) is 9.35. The molecule has 0 spiro atoms. The Morgan fingerprint density at radius 2 is 1.83 bits per heavy atom. The van der Waals surface area contributed by atoms with Crippen LogP contribution in [0, 0.1) is 0 Å². The van der Waals surface area contributed by atoms with Gasteiger partial charge in [-0.15, -0.1) is 0 Å². The maximum Gasteiger partial charge on any atom is 0.256 e. The molecule has 2 aromatic carbocycles. The minimum Gasteiger partial charge on any atom is -0.497 e. The first-order chi connectivity index (χ1) is 14.4. The van der Waals surface area contributed by atoms with Crippen molar-refractivity contribution in [3.05, 3.63) is 83.8 Å². The molecule has 1 atom stereocenters. The molecule has 0 radical (unpaired) electrons. The van der Waals surface area contributed by atoms with Crippen molar-refractivity contribution < 1.29 is 14.3 Å². The molecule has 30 heavy (non-hydrogen) atoms. The Kier molecular flexibility index (Phi) is 7.69. The quantitative estimate of drug-likeness (QED) is 0.372. The molecule has 6 nitrogen and oxygen atoms in total.